The summed E-state index contributed by atoms with van der Waals surface area (Å²) in [5.74, 6) is 2.71. The minimum atomic E-state index is 0.227. The summed E-state index contributed by atoms with van der Waals surface area (Å²) in [7, 11) is 0. The maximum absolute atomic E-state index is 5.96. The first kappa shape index (κ1) is 14.0. The van der Waals surface area contributed by atoms with Crippen molar-refractivity contribution in [3.63, 3.8) is 0 Å². The van der Waals surface area contributed by atoms with E-state index in [0.29, 0.717) is 18.3 Å². The second-order valence-electron chi connectivity index (χ2n) is 5.42. The Morgan fingerprint density at radius 2 is 1.77 bits per heavy atom. The topological polar surface area (TPSA) is 83.4 Å². The van der Waals surface area contributed by atoms with Gasteiger partial charge >= 0.3 is 0 Å². The average Bonchev–Trinajstić information content (AvgIpc) is 3.04. The van der Waals surface area contributed by atoms with Gasteiger partial charge in [-0.05, 0) is 41.6 Å². The van der Waals surface area contributed by atoms with Gasteiger partial charge in [0.2, 0.25) is 11.7 Å². The number of nitrogens with zero attached hydrogens (tertiary/aromatic N) is 2. The van der Waals surface area contributed by atoms with Crippen LogP contribution >= 0.6 is 15.9 Å². The highest BCUT2D eigenvalue weighted by molar-refractivity contribution is 9.10. The molecule has 2 aliphatic rings. The lowest BCUT2D eigenvalue weighted by atomic mass is 9.92. The Morgan fingerprint density at radius 1 is 1.05 bits per heavy atom. The predicted molar refractivity (Wildman–Crippen MR) is 83.0 cm³/mol. The van der Waals surface area contributed by atoms with Gasteiger partial charge in [0.05, 0.1) is 29.8 Å². The minimum Gasteiger partial charge on any atom is -0.492 e. The molecule has 22 heavy (non-hydrogen) atoms. The fraction of sp³-hybridized carbons (Fsp3) is 0.467. The maximum atomic E-state index is 5.96. The Kier molecular flexibility index (Phi) is 3.54. The van der Waals surface area contributed by atoms with Crippen molar-refractivity contribution in [2.24, 2.45) is 5.73 Å². The van der Waals surface area contributed by atoms with Crippen LogP contribution < -0.4 is 15.2 Å². The first-order valence-electron chi connectivity index (χ1n) is 7.45. The number of ether oxygens (including phenoxy) is 2. The predicted octanol–water partition coefficient (Wildman–Crippen LogP) is 2.61. The number of benzene rings is 1. The molecule has 2 aromatic rings. The molecule has 0 bridgehead atoms. The number of halogens is 1. The molecular formula is C15H16BrN3O3. The van der Waals surface area contributed by atoms with Gasteiger partial charge in [0, 0.05) is 11.1 Å². The van der Waals surface area contributed by atoms with Gasteiger partial charge in [-0.2, -0.15) is 4.98 Å². The highest BCUT2D eigenvalue weighted by atomic mass is 79.9. The van der Waals surface area contributed by atoms with Crippen LogP contribution in [0.3, 0.4) is 0 Å². The zero-order chi connectivity index (χ0) is 15.1. The molecular weight excluding hydrogens is 350 g/mol. The summed E-state index contributed by atoms with van der Waals surface area (Å²) in [6, 6.07) is 0. The van der Waals surface area contributed by atoms with E-state index in [1.165, 1.54) is 0 Å². The summed E-state index contributed by atoms with van der Waals surface area (Å²) in [6.45, 7) is 1.66. The van der Waals surface area contributed by atoms with Crippen LogP contribution in [0.1, 0.15) is 29.9 Å². The number of aromatic nitrogens is 2. The molecule has 1 aromatic heterocycles. The second-order valence-corrected chi connectivity index (χ2v) is 6.22. The highest BCUT2D eigenvalue weighted by Gasteiger charge is 2.31. The third-order valence-electron chi connectivity index (χ3n) is 4.04. The molecule has 116 valence electrons. The lowest BCUT2D eigenvalue weighted by Gasteiger charge is -2.28. The summed E-state index contributed by atoms with van der Waals surface area (Å²) < 4.78 is 18.1. The van der Waals surface area contributed by atoms with Gasteiger partial charge in [-0.25, -0.2) is 0 Å². The summed E-state index contributed by atoms with van der Waals surface area (Å²) in [4.78, 5) is 4.39. The van der Waals surface area contributed by atoms with E-state index in [2.05, 4.69) is 26.1 Å². The van der Waals surface area contributed by atoms with Gasteiger partial charge in [0.25, 0.3) is 0 Å². The van der Waals surface area contributed by atoms with Crippen LogP contribution in [0.5, 0.6) is 11.5 Å². The van der Waals surface area contributed by atoms with Gasteiger partial charge in [0.15, 0.2) is 0 Å². The van der Waals surface area contributed by atoms with Crippen molar-refractivity contribution in [1.29, 1.82) is 0 Å². The zero-order valence-electron chi connectivity index (χ0n) is 12.0. The third kappa shape index (κ3) is 2.11. The normalized spacial score (nSPS) is 16.5. The fourth-order valence-corrected chi connectivity index (χ4v) is 3.80. The summed E-state index contributed by atoms with van der Waals surface area (Å²) in [5, 5.41) is 4.09. The van der Waals surface area contributed by atoms with Crippen molar-refractivity contribution in [2.45, 2.75) is 32.2 Å². The Balaban J connectivity index is 1.98. The monoisotopic (exact) mass is 365 g/mol. The van der Waals surface area contributed by atoms with Crippen molar-refractivity contribution in [2.75, 3.05) is 13.2 Å². The molecule has 0 amide bonds. The molecule has 0 spiro atoms. The molecule has 0 aliphatic carbocycles. The van der Waals surface area contributed by atoms with E-state index in [-0.39, 0.29) is 6.54 Å². The SMILES string of the molecule is NCc1nc(-c2c3c(c(Br)c4c2OCCC4)OCCC3)no1. The van der Waals surface area contributed by atoms with Crippen LogP contribution in [0.15, 0.2) is 9.00 Å². The van der Waals surface area contributed by atoms with Crippen molar-refractivity contribution >= 4 is 15.9 Å². The molecule has 7 heteroatoms. The van der Waals surface area contributed by atoms with Crippen LogP contribution in [-0.4, -0.2) is 23.4 Å². The lowest BCUT2D eigenvalue weighted by Crippen LogP contribution is -2.16. The van der Waals surface area contributed by atoms with E-state index >= 15 is 0 Å². The Morgan fingerprint density at radius 3 is 2.50 bits per heavy atom. The quantitative estimate of drug-likeness (QED) is 0.880. The molecule has 2 aliphatic heterocycles. The Hall–Kier alpha value is -1.60. The number of nitrogens with two attached hydrogens (primary N) is 1. The summed E-state index contributed by atoms with van der Waals surface area (Å²) >= 11 is 3.69. The first-order chi connectivity index (χ1) is 10.8. The minimum absolute atomic E-state index is 0.227. The average molecular weight is 366 g/mol. The summed E-state index contributed by atoms with van der Waals surface area (Å²) in [6.07, 6.45) is 3.81. The van der Waals surface area contributed by atoms with Crippen LogP contribution in [-0.2, 0) is 19.4 Å². The molecule has 0 atom stereocenters. The standard InChI is InChI=1S/C15H16BrN3O3/c16-12-9-4-2-5-20-13(9)11(8-3-1-6-21-14(8)12)15-18-10(7-17)22-19-15/h1-7,17H2. The van der Waals surface area contributed by atoms with Gasteiger partial charge in [0.1, 0.15) is 11.5 Å². The van der Waals surface area contributed by atoms with Gasteiger partial charge in [-0.3, -0.25) is 0 Å². The second kappa shape index (κ2) is 5.55. The molecule has 3 heterocycles. The first-order valence-corrected chi connectivity index (χ1v) is 8.24. The molecule has 0 unspecified atom stereocenters. The summed E-state index contributed by atoms with van der Waals surface area (Å²) in [5.41, 5.74) is 8.69. The van der Waals surface area contributed by atoms with Crippen LogP contribution in [0.2, 0.25) is 0 Å². The van der Waals surface area contributed by atoms with Crippen LogP contribution in [0.25, 0.3) is 11.4 Å². The molecule has 1 aromatic carbocycles. The molecule has 6 nitrogen and oxygen atoms in total. The number of hydrogen-bond acceptors (Lipinski definition) is 6. The van der Waals surface area contributed by atoms with Gasteiger partial charge < -0.3 is 19.7 Å². The number of hydrogen-bond donors (Lipinski definition) is 1. The van der Waals surface area contributed by atoms with Crippen molar-refractivity contribution in [3.8, 4) is 22.9 Å². The lowest BCUT2D eigenvalue weighted by molar-refractivity contribution is 0.272. The van der Waals surface area contributed by atoms with E-state index < -0.39 is 0 Å². The third-order valence-corrected chi connectivity index (χ3v) is 4.88. The Bertz CT molecular complexity index is 692. The largest absolute Gasteiger partial charge is 0.492 e. The Labute approximate surface area is 136 Å². The van der Waals surface area contributed by atoms with E-state index in [1.807, 2.05) is 0 Å². The fourth-order valence-electron chi connectivity index (χ4n) is 3.06. The molecule has 4 rings (SSSR count). The van der Waals surface area contributed by atoms with Gasteiger partial charge in [-0.15, -0.1) is 0 Å². The van der Waals surface area contributed by atoms with E-state index in [1.54, 1.807) is 0 Å². The van der Waals surface area contributed by atoms with Crippen LogP contribution in [0.4, 0.5) is 0 Å². The van der Waals surface area contributed by atoms with Gasteiger partial charge in [-0.1, -0.05) is 5.16 Å². The number of fused-ring (bicyclic) bond motifs is 2. The molecule has 0 saturated carbocycles. The highest BCUT2D eigenvalue weighted by Crippen LogP contribution is 2.49. The van der Waals surface area contributed by atoms with Crippen LogP contribution in [0, 0.1) is 0 Å². The van der Waals surface area contributed by atoms with Crippen molar-refractivity contribution in [3.05, 3.63) is 21.5 Å². The van der Waals surface area contributed by atoms with E-state index in [4.69, 9.17) is 19.7 Å². The molecule has 0 radical (unpaired) electrons. The molecule has 0 fully saturated rings. The van der Waals surface area contributed by atoms with E-state index in [9.17, 15) is 0 Å². The maximum Gasteiger partial charge on any atom is 0.240 e. The smallest absolute Gasteiger partial charge is 0.240 e. The van der Waals surface area contributed by atoms with Crippen molar-refractivity contribution in [1.82, 2.24) is 10.1 Å². The zero-order valence-corrected chi connectivity index (χ0v) is 13.6. The number of rotatable bonds is 2. The molecule has 2 N–H and O–H groups in total. The van der Waals surface area contributed by atoms with Crippen molar-refractivity contribution < 1.29 is 14.0 Å². The molecule has 0 saturated heterocycles. The van der Waals surface area contributed by atoms with E-state index in [0.717, 1.165) is 65.0 Å².